The Kier molecular flexibility index (Phi) is 4.56. The third-order valence-corrected chi connectivity index (χ3v) is 2.87. The van der Waals surface area contributed by atoms with Gasteiger partial charge in [0.15, 0.2) is 0 Å². The molecular weight excluding hydrogens is 255 g/mol. The van der Waals surface area contributed by atoms with E-state index in [1.54, 1.807) is 12.1 Å². The Morgan fingerprint density at radius 1 is 1.20 bits per heavy atom. The second-order valence-electron chi connectivity index (χ2n) is 4.17. The Morgan fingerprint density at radius 2 is 2.00 bits per heavy atom. The van der Waals surface area contributed by atoms with Crippen molar-refractivity contribution < 1.29 is 9.13 Å². The van der Waals surface area contributed by atoms with Gasteiger partial charge in [-0.05, 0) is 25.1 Å². The van der Waals surface area contributed by atoms with Gasteiger partial charge in [-0.1, -0.05) is 24.3 Å². The highest BCUT2D eigenvalue weighted by atomic mass is 19.1. The fraction of sp³-hybridized carbons (Fsp3) is 0.188. The van der Waals surface area contributed by atoms with Crippen molar-refractivity contribution in [3.8, 4) is 11.8 Å². The smallest absolute Gasteiger partial charge is 0.143 e. The summed E-state index contributed by atoms with van der Waals surface area (Å²) >= 11 is 0. The number of nitrogens with one attached hydrogen (secondary N) is 1. The maximum Gasteiger partial charge on any atom is 0.143 e. The Balaban J connectivity index is 2.18. The lowest BCUT2D eigenvalue weighted by molar-refractivity contribution is 0.337. The lowest BCUT2D eigenvalue weighted by Gasteiger charge is -2.12. The van der Waals surface area contributed by atoms with Gasteiger partial charge in [0, 0.05) is 12.1 Å². The normalized spacial score (nSPS) is 9.85. The molecule has 0 spiro atoms. The Hall–Kier alpha value is -2.54. The van der Waals surface area contributed by atoms with E-state index in [0.29, 0.717) is 18.8 Å². The van der Waals surface area contributed by atoms with Gasteiger partial charge in [0.25, 0.3) is 0 Å². The van der Waals surface area contributed by atoms with E-state index in [4.69, 9.17) is 10.00 Å². The van der Waals surface area contributed by atoms with Gasteiger partial charge in [-0.3, -0.25) is 0 Å². The number of hydrogen-bond acceptors (Lipinski definition) is 3. The van der Waals surface area contributed by atoms with Gasteiger partial charge < -0.3 is 10.1 Å². The molecule has 2 aromatic carbocycles. The molecule has 0 unspecified atom stereocenters. The molecular formula is C16H15FN2O. The minimum absolute atomic E-state index is 0.0291. The molecule has 0 saturated carbocycles. The molecule has 2 aromatic rings. The molecule has 20 heavy (non-hydrogen) atoms. The number of rotatable bonds is 5. The van der Waals surface area contributed by atoms with Gasteiger partial charge in [-0.2, -0.15) is 5.26 Å². The van der Waals surface area contributed by atoms with Gasteiger partial charge in [0.1, 0.15) is 23.2 Å². The number of halogens is 1. The molecule has 1 N–H and O–H groups in total. The molecule has 0 fully saturated rings. The van der Waals surface area contributed by atoms with E-state index in [9.17, 15) is 4.39 Å². The van der Waals surface area contributed by atoms with Crippen molar-refractivity contribution in [3.63, 3.8) is 0 Å². The zero-order valence-corrected chi connectivity index (χ0v) is 11.2. The average molecular weight is 270 g/mol. The average Bonchev–Trinajstić information content (AvgIpc) is 2.47. The van der Waals surface area contributed by atoms with Crippen molar-refractivity contribution in [1.29, 1.82) is 5.26 Å². The molecule has 0 aliphatic heterocycles. The second kappa shape index (κ2) is 6.58. The van der Waals surface area contributed by atoms with Crippen molar-refractivity contribution in [2.24, 2.45) is 0 Å². The predicted octanol–water partition coefficient (Wildman–Crippen LogP) is 3.71. The van der Waals surface area contributed by atoms with Crippen LogP contribution in [0.15, 0.2) is 42.5 Å². The summed E-state index contributed by atoms with van der Waals surface area (Å²) in [7, 11) is 0. The van der Waals surface area contributed by atoms with Crippen LogP contribution in [0.3, 0.4) is 0 Å². The van der Waals surface area contributed by atoms with Gasteiger partial charge in [0.05, 0.1) is 12.3 Å². The Bertz CT molecular complexity index is 635. The summed E-state index contributed by atoms with van der Waals surface area (Å²) in [4.78, 5) is 0. The molecule has 3 nitrogen and oxygen atoms in total. The lowest BCUT2D eigenvalue weighted by Crippen LogP contribution is -2.05. The summed E-state index contributed by atoms with van der Waals surface area (Å²) in [6.45, 7) is 2.97. The maximum absolute atomic E-state index is 13.5. The maximum atomic E-state index is 13.5. The van der Waals surface area contributed by atoms with Crippen LogP contribution < -0.4 is 10.1 Å². The second-order valence-corrected chi connectivity index (χ2v) is 4.17. The highest BCUT2D eigenvalue weighted by Gasteiger charge is 2.08. The molecule has 0 amide bonds. The van der Waals surface area contributed by atoms with E-state index < -0.39 is 5.82 Å². The number of para-hydroxylation sites is 1. The quantitative estimate of drug-likeness (QED) is 0.900. The number of nitrogens with zero attached hydrogens (tertiary/aromatic N) is 1. The zero-order chi connectivity index (χ0) is 14.4. The topological polar surface area (TPSA) is 45.0 Å². The molecule has 0 heterocycles. The number of ether oxygens (including phenoxy) is 1. The predicted molar refractivity (Wildman–Crippen MR) is 76.1 cm³/mol. The van der Waals surface area contributed by atoms with Crippen LogP contribution in [0.5, 0.6) is 5.75 Å². The highest BCUT2D eigenvalue weighted by molar-refractivity contribution is 5.58. The van der Waals surface area contributed by atoms with E-state index in [0.717, 1.165) is 11.3 Å². The summed E-state index contributed by atoms with van der Waals surface area (Å²) in [6, 6.07) is 14.0. The Morgan fingerprint density at radius 3 is 2.75 bits per heavy atom. The minimum Gasteiger partial charge on any atom is -0.494 e. The third kappa shape index (κ3) is 3.07. The van der Waals surface area contributed by atoms with Crippen LogP contribution in [-0.4, -0.2) is 6.61 Å². The number of anilines is 1. The van der Waals surface area contributed by atoms with Crippen LogP contribution in [0.1, 0.15) is 18.1 Å². The van der Waals surface area contributed by atoms with Gasteiger partial charge in [-0.15, -0.1) is 0 Å². The lowest BCUT2D eigenvalue weighted by atomic mass is 10.1. The molecule has 0 saturated heterocycles. The molecule has 0 bridgehead atoms. The van der Waals surface area contributed by atoms with Crippen molar-refractivity contribution in [3.05, 3.63) is 59.4 Å². The van der Waals surface area contributed by atoms with E-state index in [1.165, 1.54) is 6.07 Å². The Labute approximate surface area is 117 Å². The molecule has 0 aliphatic carbocycles. The van der Waals surface area contributed by atoms with Crippen LogP contribution in [0, 0.1) is 17.1 Å². The van der Waals surface area contributed by atoms with E-state index in [-0.39, 0.29) is 5.56 Å². The SMILES string of the molecule is CCOc1ccccc1CNc1cccc(F)c1C#N. The third-order valence-electron chi connectivity index (χ3n) is 2.87. The highest BCUT2D eigenvalue weighted by Crippen LogP contribution is 2.22. The first-order chi connectivity index (χ1) is 9.76. The molecule has 102 valence electrons. The molecule has 4 heteroatoms. The summed E-state index contributed by atoms with van der Waals surface area (Å²) in [5.74, 6) is 0.271. The van der Waals surface area contributed by atoms with Crippen LogP contribution in [-0.2, 0) is 6.54 Å². The van der Waals surface area contributed by atoms with Gasteiger partial charge >= 0.3 is 0 Å². The van der Waals surface area contributed by atoms with Crippen LogP contribution >= 0.6 is 0 Å². The molecule has 0 aliphatic rings. The van der Waals surface area contributed by atoms with E-state index in [1.807, 2.05) is 37.3 Å². The summed E-state index contributed by atoms with van der Waals surface area (Å²) in [5, 5.41) is 12.1. The minimum atomic E-state index is -0.518. The zero-order valence-electron chi connectivity index (χ0n) is 11.2. The largest absolute Gasteiger partial charge is 0.494 e. The van der Waals surface area contributed by atoms with Crippen LogP contribution in [0.2, 0.25) is 0 Å². The van der Waals surface area contributed by atoms with Gasteiger partial charge in [-0.25, -0.2) is 4.39 Å². The first kappa shape index (κ1) is 13.9. The standard InChI is InChI=1S/C16H15FN2O/c1-2-20-16-9-4-3-6-12(16)11-19-15-8-5-7-14(17)13(15)10-18/h3-9,19H,2,11H2,1H3. The van der Waals surface area contributed by atoms with Gasteiger partial charge in [0.2, 0.25) is 0 Å². The molecule has 0 atom stereocenters. The fourth-order valence-electron chi connectivity index (χ4n) is 1.92. The fourth-order valence-corrected chi connectivity index (χ4v) is 1.92. The van der Waals surface area contributed by atoms with E-state index >= 15 is 0 Å². The van der Waals surface area contributed by atoms with Crippen molar-refractivity contribution in [2.75, 3.05) is 11.9 Å². The summed E-state index contributed by atoms with van der Waals surface area (Å²) in [6.07, 6.45) is 0. The van der Waals surface area contributed by atoms with Crippen LogP contribution in [0.25, 0.3) is 0 Å². The molecule has 0 radical (unpaired) electrons. The number of nitriles is 1. The monoisotopic (exact) mass is 270 g/mol. The van der Waals surface area contributed by atoms with Crippen LogP contribution in [0.4, 0.5) is 10.1 Å². The summed E-state index contributed by atoms with van der Waals surface area (Å²) < 4.78 is 19.0. The number of hydrogen-bond donors (Lipinski definition) is 1. The summed E-state index contributed by atoms with van der Waals surface area (Å²) in [5.41, 5.74) is 1.47. The van der Waals surface area contributed by atoms with Crippen molar-refractivity contribution >= 4 is 5.69 Å². The molecule has 0 aromatic heterocycles. The number of benzene rings is 2. The van der Waals surface area contributed by atoms with E-state index in [2.05, 4.69) is 5.32 Å². The van der Waals surface area contributed by atoms with Crippen molar-refractivity contribution in [1.82, 2.24) is 0 Å². The first-order valence-corrected chi connectivity index (χ1v) is 6.39. The van der Waals surface area contributed by atoms with Crippen molar-refractivity contribution in [2.45, 2.75) is 13.5 Å². The molecule has 2 rings (SSSR count). The first-order valence-electron chi connectivity index (χ1n) is 6.39.